The molecule has 0 heterocycles. The number of hydrogen-bond acceptors (Lipinski definition) is 3. The van der Waals surface area contributed by atoms with Crippen LogP contribution in [0.1, 0.15) is 11.1 Å². The monoisotopic (exact) mass is 319 g/mol. The van der Waals surface area contributed by atoms with E-state index in [1.807, 2.05) is 48.5 Å². The van der Waals surface area contributed by atoms with Crippen LogP contribution in [0.15, 0.2) is 53.6 Å². The van der Waals surface area contributed by atoms with E-state index < -0.39 is 0 Å². The second-order valence-electron chi connectivity index (χ2n) is 4.22. The Morgan fingerprint density at radius 2 is 1.86 bits per heavy atom. The average Bonchev–Trinajstić information content (AvgIpc) is 2.48. The first-order valence-electron chi connectivity index (χ1n) is 6.19. The molecule has 4 nitrogen and oxygen atoms in total. The van der Waals surface area contributed by atoms with Gasteiger partial charge in [0.15, 0.2) is 5.11 Å². The molecule has 6 heteroatoms. The second-order valence-corrected chi connectivity index (χ2v) is 5.09. The first kappa shape index (κ1) is 15.3. The number of hydrogen-bond donors (Lipinski definition) is 2. The minimum Gasteiger partial charge on any atom is -0.489 e. The van der Waals surface area contributed by atoms with Gasteiger partial charge in [0.05, 0.1) is 6.21 Å². The van der Waals surface area contributed by atoms with E-state index in [4.69, 9.17) is 22.1 Å². The molecule has 2 aromatic carbocycles. The highest BCUT2D eigenvalue weighted by Gasteiger charge is 1.97. The van der Waals surface area contributed by atoms with Gasteiger partial charge < -0.3 is 10.5 Å². The minimum absolute atomic E-state index is 0.133. The fourth-order valence-corrected chi connectivity index (χ4v) is 1.75. The van der Waals surface area contributed by atoms with Crippen LogP contribution in [0.5, 0.6) is 5.75 Å². The summed E-state index contributed by atoms with van der Waals surface area (Å²) in [6, 6.07) is 15.1. The molecule has 0 aromatic heterocycles. The summed E-state index contributed by atoms with van der Waals surface area (Å²) in [5.74, 6) is 0.782. The standard InChI is InChI=1S/C15H14ClN3OS/c16-13-5-1-12(2-6-13)10-20-14-7-3-11(4-8-14)9-18-19-15(17)21/h1-9H,10H2,(H3,17,19,21)/b18-9+. The molecule has 0 aliphatic carbocycles. The van der Waals surface area contributed by atoms with E-state index in [2.05, 4.69) is 22.7 Å². The number of nitrogens with zero attached hydrogens (tertiary/aromatic N) is 1. The van der Waals surface area contributed by atoms with Crippen LogP contribution in [-0.4, -0.2) is 11.3 Å². The zero-order valence-corrected chi connectivity index (χ0v) is 12.7. The predicted octanol–water partition coefficient (Wildman–Crippen LogP) is 3.09. The summed E-state index contributed by atoms with van der Waals surface area (Å²) in [7, 11) is 0. The summed E-state index contributed by atoms with van der Waals surface area (Å²) < 4.78 is 5.69. The van der Waals surface area contributed by atoms with Gasteiger partial charge in [-0.1, -0.05) is 23.7 Å². The maximum atomic E-state index is 5.83. The van der Waals surface area contributed by atoms with Gasteiger partial charge in [0, 0.05) is 5.02 Å². The van der Waals surface area contributed by atoms with Crippen molar-refractivity contribution >= 4 is 35.1 Å². The Morgan fingerprint density at radius 3 is 2.48 bits per heavy atom. The van der Waals surface area contributed by atoms with Crippen LogP contribution < -0.4 is 15.9 Å². The minimum atomic E-state index is 0.133. The van der Waals surface area contributed by atoms with E-state index in [0.717, 1.165) is 16.9 Å². The molecular formula is C15H14ClN3OS. The molecule has 108 valence electrons. The average molecular weight is 320 g/mol. The number of thiocarbonyl (C=S) groups is 1. The summed E-state index contributed by atoms with van der Waals surface area (Å²) in [6.45, 7) is 0.494. The third-order valence-electron chi connectivity index (χ3n) is 2.59. The summed E-state index contributed by atoms with van der Waals surface area (Å²) in [5, 5.41) is 4.73. The van der Waals surface area contributed by atoms with Crippen molar-refractivity contribution in [3.8, 4) is 5.75 Å². The normalized spacial score (nSPS) is 10.5. The number of nitrogens with one attached hydrogen (secondary N) is 1. The maximum Gasteiger partial charge on any atom is 0.184 e. The fraction of sp³-hybridized carbons (Fsp3) is 0.0667. The molecule has 2 aromatic rings. The molecule has 0 fully saturated rings. The molecular weight excluding hydrogens is 306 g/mol. The Hall–Kier alpha value is -2.11. The van der Waals surface area contributed by atoms with Gasteiger partial charge in [-0.2, -0.15) is 5.10 Å². The molecule has 0 atom stereocenters. The molecule has 0 unspecified atom stereocenters. The summed E-state index contributed by atoms with van der Waals surface area (Å²) in [5.41, 5.74) is 9.73. The van der Waals surface area contributed by atoms with Crippen LogP contribution in [0.25, 0.3) is 0 Å². The Balaban J connectivity index is 1.88. The zero-order chi connectivity index (χ0) is 15.1. The van der Waals surface area contributed by atoms with Crippen LogP contribution in [0.3, 0.4) is 0 Å². The Kier molecular flexibility index (Phi) is 5.54. The lowest BCUT2D eigenvalue weighted by atomic mass is 10.2. The lowest BCUT2D eigenvalue weighted by Crippen LogP contribution is -2.23. The van der Waals surface area contributed by atoms with Crippen LogP contribution >= 0.6 is 23.8 Å². The van der Waals surface area contributed by atoms with Crippen molar-refractivity contribution in [3.05, 3.63) is 64.7 Å². The SMILES string of the molecule is NC(=S)N/N=C/c1ccc(OCc2ccc(Cl)cc2)cc1. The van der Waals surface area contributed by atoms with Crippen molar-refractivity contribution in [2.75, 3.05) is 0 Å². The fourth-order valence-electron chi connectivity index (χ4n) is 1.57. The second kappa shape index (κ2) is 7.61. The van der Waals surface area contributed by atoms with Crippen molar-refractivity contribution in [2.24, 2.45) is 10.8 Å². The third kappa shape index (κ3) is 5.41. The van der Waals surface area contributed by atoms with E-state index in [9.17, 15) is 0 Å². The molecule has 0 bridgehead atoms. The highest BCUT2D eigenvalue weighted by molar-refractivity contribution is 7.80. The summed E-state index contributed by atoms with van der Waals surface area (Å²) in [4.78, 5) is 0. The molecule has 0 saturated heterocycles. The van der Waals surface area contributed by atoms with Gasteiger partial charge in [-0.05, 0) is 59.7 Å². The first-order valence-corrected chi connectivity index (χ1v) is 6.98. The highest BCUT2D eigenvalue weighted by atomic mass is 35.5. The van der Waals surface area contributed by atoms with Crippen LogP contribution in [0.2, 0.25) is 5.02 Å². The van der Waals surface area contributed by atoms with Crippen molar-refractivity contribution < 1.29 is 4.74 Å². The van der Waals surface area contributed by atoms with Crippen molar-refractivity contribution in [3.63, 3.8) is 0 Å². The lowest BCUT2D eigenvalue weighted by Gasteiger charge is -2.06. The first-order chi connectivity index (χ1) is 10.1. The van der Waals surface area contributed by atoms with Crippen molar-refractivity contribution in [1.82, 2.24) is 5.43 Å². The highest BCUT2D eigenvalue weighted by Crippen LogP contribution is 2.15. The van der Waals surface area contributed by atoms with E-state index in [-0.39, 0.29) is 5.11 Å². The molecule has 0 radical (unpaired) electrons. The molecule has 2 rings (SSSR count). The Morgan fingerprint density at radius 1 is 1.19 bits per heavy atom. The molecule has 3 N–H and O–H groups in total. The van der Waals surface area contributed by atoms with Crippen LogP contribution in [0, 0.1) is 0 Å². The molecule has 0 aliphatic rings. The smallest absolute Gasteiger partial charge is 0.184 e. The van der Waals surface area contributed by atoms with E-state index in [0.29, 0.717) is 11.6 Å². The molecule has 0 spiro atoms. The van der Waals surface area contributed by atoms with Gasteiger partial charge in [-0.15, -0.1) is 0 Å². The van der Waals surface area contributed by atoms with Crippen LogP contribution in [-0.2, 0) is 6.61 Å². The molecule has 0 saturated carbocycles. The van der Waals surface area contributed by atoms with Crippen molar-refractivity contribution in [1.29, 1.82) is 0 Å². The topological polar surface area (TPSA) is 59.6 Å². The quantitative estimate of drug-likeness (QED) is 0.505. The predicted molar refractivity (Wildman–Crippen MR) is 89.7 cm³/mol. The maximum absolute atomic E-state index is 5.83. The van der Waals surface area contributed by atoms with Crippen LogP contribution in [0.4, 0.5) is 0 Å². The number of hydrazone groups is 1. The summed E-state index contributed by atoms with van der Waals surface area (Å²) in [6.07, 6.45) is 1.63. The van der Waals surface area contributed by atoms with Gasteiger partial charge in [0.1, 0.15) is 12.4 Å². The van der Waals surface area contributed by atoms with Crippen molar-refractivity contribution in [2.45, 2.75) is 6.61 Å². The Labute approximate surface area is 133 Å². The van der Waals surface area contributed by atoms with Gasteiger partial charge in [0.25, 0.3) is 0 Å². The Bertz CT molecular complexity index is 626. The summed E-state index contributed by atoms with van der Waals surface area (Å²) >= 11 is 10.5. The van der Waals surface area contributed by atoms with Gasteiger partial charge in [0.2, 0.25) is 0 Å². The number of ether oxygens (including phenoxy) is 1. The molecule has 0 amide bonds. The largest absolute Gasteiger partial charge is 0.489 e. The van der Waals surface area contributed by atoms with Gasteiger partial charge in [-0.3, -0.25) is 5.43 Å². The molecule has 0 aliphatic heterocycles. The van der Waals surface area contributed by atoms with Gasteiger partial charge >= 0.3 is 0 Å². The number of benzene rings is 2. The zero-order valence-electron chi connectivity index (χ0n) is 11.1. The number of rotatable bonds is 5. The molecule has 21 heavy (non-hydrogen) atoms. The van der Waals surface area contributed by atoms with E-state index in [1.165, 1.54) is 0 Å². The lowest BCUT2D eigenvalue weighted by molar-refractivity contribution is 0.306. The van der Waals surface area contributed by atoms with E-state index in [1.54, 1.807) is 6.21 Å². The van der Waals surface area contributed by atoms with E-state index >= 15 is 0 Å². The number of nitrogens with two attached hydrogens (primary N) is 1. The number of halogens is 1. The van der Waals surface area contributed by atoms with Gasteiger partial charge in [-0.25, -0.2) is 0 Å². The third-order valence-corrected chi connectivity index (χ3v) is 2.93.